The molecule has 0 atom stereocenters. The maximum atomic E-state index is 9.00. The predicted octanol–water partition coefficient (Wildman–Crippen LogP) is -6.34. The Bertz CT molecular complexity index is 383. The van der Waals surface area contributed by atoms with Crippen LogP contribution in [0.3, 0.4) is 0 Å². The Morgan fingerprint density at radius 1 is 0.364 bits per heavy atom. The molecule has 12 amide bonds. The number of urea groups is 6. The fourth-order valence-corrected chi connectivity index (χ4v) is 0. The van der Waals surface area contributed by atoms with Gasteiger partial charge in [-0.05, 0) is 0 Å². The zero-order valence-corrected chi connectivity index (χ0v) is 19.4. The van der Waals surface area contributed by atoms with Crippen LogP contribution in [0.5, 0.6) is 0 Å². The molecule has 0 aliphatic heterocycles. The molecule has 27 heteroatoms. The topological polar surface area (TPSA) is 547 Å². The second kappa shape index (κ2) is 50.4. The first-order chi connectivity index (χ1) is 13.9. The molecule has 33 heavy (non-hydrogen) atoms. The van der Waals surface area contributed by atoms with Crippen molar-refractivity contribution in [1.29, 1.82) is 0 Å². The van der Waals surface area contributed by atoms with Crippen LogP contribution < -0.4 is 68.8 Å². The standard InChI is InChI=1S/6CH4N2O.2NO3.Zn/c8*2-1(3)4;/h6*(H4,2,3,4);;;/q;;;;;;2*-1;+2. The van der Waals surface area contributed by atoms with E-state index < -0.39 is 46.4 Å². The van der Waals surface area contributed by atoms with E-state index in [1.165, 1.54) is 0 Å². The first-order valence-electron chi connectivity index (χ1n) is 5.78. The van der Waals surface area contributed by atoms with Crippen molar-refractivity contribution in [1.82, 2.24) is 0 Å². The summed E-state index contributed by atoms with van der Waals surface area (Å²) in [6.07, 6.45) is 0. The summed E-state index contributed by atoms with van der Waals surface area (Å²) < 4.78 is 0. The number of hydrogen-bond donors (Lipinski definition) is 12. The van der Waals surface area contributed by atoms with Gasteiger partial charge in [0.15, 0.2) is 0 Å². The second-order valence-corrected chi connectivity index (χ2v) is 2.86. The summed E-state index contributed by atoms with van der Waals surface area (Å²) in [6, 6.07) is -5.00. The van der Waals surface area contributed by atoms with Gasteiger partial charge in [0.2, 0.25) is 0 Å². The minimum Gasteiger partial charge on any atom is -0.356 e. The summed E-state index contributed by atoms with van der Waals surface area (Å²) in [5.41, 5.74) is 51.0. The number of hydrogen-bond acceptors (Lipinski definition) is 12. The van der Waals surface area contributed by atoms with Gasteiger partial charge in [-0.2, -0.15) is 0 Å². The van der Waals surface area contributed by atoms with E-state index in [1.807, 2.05) is 0 Å². The Morgan fingerprint density at radius 2 is 0.364 bits per heavy atom. The van der Waals surface area contributed by atoms with Gasteiger partial charge in [0, 0.05) is 0 Å². The summed E-state index contributed by atoms with van der Waals surface area (Å²) in [7, 11) is 0. The Hall–Kier alpha value is -5.36. The third-order valence-electron chi connectivity index (χ3n) is 0. The number of carbonyl (C=O) groups is 6. The zero-order chi connectivity index (χ0) is 28.6. The van der Waals surface area contributed by atoms with Gasteiger partial charge in [-0.3, -0.25) is 0 Å². The SMILES string of the molecule is NC(N)=O.NC(N)=O.NC(N)=O.NC(N)=O.NC(N)=O.NC(N)=O.O=[N+]([O-])[O-].O=[N+]([O-])[O-].[Zn+2]. The summed E-state index contributed by atoms with van der Waals surface area (Å²) in [4.78, 5) is 70.5. The molecule has 26 nitrogen and oxygen atoms in total. The van der Waals surface area contributed by atoms with Crippen LogP contribution in [0.25, 0.3) is 0 Å². The van der Waals surface area contributed by atoms with Crippen molar-refractivity contribution in [3.63, 3.8) is 0 Å². The molecule has 24 N–H and O–H groups in total. The molecule has 0 unspecified atom stereocenters. The molecule has 0 spiro atoms. The molecule has 0 radical (unpaired) electrons. The van der Waals surface area contributed by atoms with E-state index in [9.17, 15) is 0 Å². The molecule has 0 aromatic heterocycles. The van der Waals surface area contributed by atoms with E-state index >= 15 is 0 Å². The normalized spacial score (nSPS) is 5.82. The number of amides is 12. The van der Waals surface area contributed by atoms with Gasteiger partial charge < -0.3 is 99.4 Å². The fourth-order valence-electron chi connectivity index (χ4n) is 0. The van der Waals surface area contributed by atoms with Gasteiger partial charge in [-0.25, -0.2) is 28.8 Å². The molecule has 0 rings (SSSR count). The van der Waals surface area contributed by atoms with E-state index in [0.717, 1.165) is 0 Å². The molecular formula is C6H24N14O12Zn. The minimum atomic E-state index is -1.75. The van der Waals surface area contributed by atoms with E-state index in [2.05, 4.69) is 68.8 Å². The molecule has 0 aromatic carbocycles. The van der Waals surface area contributed by atoms with Crippen molar-refractivity contribution in [2.75, 3.05) is 0 Å². The van der Waals surface area contributed by atoms with Crippen LogP contribution in [0.15, 0.2) is 0 Å². The number of rotatable bonds is 0. The molecular weight excluding hydrogens is 526 g/mol. The third-order valence-corrected chi connectivity index (χ3v) is 0. The first kappa shape index (κ1) is 56.5. The van der Waals surface area contributed by atoms with Gasteiger partial charge in [-0.1, -0.05) is 0 Å². The van der Waals surface area contributed by atoms with Crippen LogP contribution in [-0.2, 0) is 19.5 Å². The maximum absolute atomic E-state index is 9.00. The summed E-state index contributed by atoms with van der Waals surface area (Å²) in [6.45, 7) is 0. The van der Waals surface area contributed by atoms with Crippen molar-refractivity contribution < 1.29 is 58.4 Å². The van der Waals surface area contributed by atoms with E-state index in [1.54, 1.807) is 0 Å². The molecule has 0 aliphatic carbocycles. The predicted molar refractivity (Wildman–Crippen MR) is 103 cm³/mol. The summed E-state index contributed by atoms with van der Waals surface area (Å²) in [5, 5.41) is 29.5. The monoisotopic (exact) mass is 548 g/mol. The summed E-state index contributed by atoms with van der Waals surface area (Å²) >= 11 is 0. The number of nitrogens with two attached hydrogens (primary N) is 12. The first-order valence-corrected chi connectivity index (χ1v) is 5.78. The van der Waals surface area contributed by atoms with Gasteiger partial charge in [0.05, 0.1) is 10.2 Å². The van der Waals surface area contributed by atoms with Crippen molar-refractivity contribution in [3.05, 3.63) is 30.6 Å². The number of carbonyl (C=O) groups excluding carboxylic acids is 6. The fraction of sp³-hybridized carbons (Fsp3) is 0. The van der Waals surface area contributed by atoms with Gasteiger partial charge in [0.1, 0.15) is 0 Å². The Labute approximate surface area is 194 Å². The molecule has 0 saturated heterocycles. The van der Waals surface area contributed by atoms with Crippen LogP contribution in [0.1, 0.15) is 0 Å². The molecule has 0 saturated carbocycles. The molecule has 0 bridgehead atoms. The van der Waals surface area contributed by atoms with Crippen molar-refractivity contribution in [2.24, 2.45) is 68.8 Å². The quantitative estimate of drug-likeness (QED) is 0.0761. The van der Waals surface area contributed by atoms with E-state index in [0.29, 0.717) is 0 Å². The van der Waals surface area contributed by atoms with Crippen LogP contribution >= 0.6 is 0 Å². The van der Waals surface area contributed by atoms with Gasteiger partial charge >= 0.3 is 55.7 Å². The van der Waals surface area contributed by atoms with Crippen LogP contribution in [0, 0.1) is 30.6 Å². The van der Waals surface area contributed by atoms with E-state index in [-0.39, 0.29) is 19.5 Å². The maximum Gasteiger partial charge on any atom is 2.00 e. The molecule has 0 aromatic rings. The second-order valence-electron chi connectivity index (χ2n) is 2.86. The largest absolute Gasteiger partial charge is 2.00 e. The average molecular weight is 550 g/mol. The average Bonchev–Trinajstić information content (AvgIpc) is 2.30. The summed E-state index contributed by atoms with van der Waals surface area (Å²) in [5.74, 6) is 0. The van der Waals surface area contributed by atoms with Crippen LogP contribution in [0.2, 0.25) is 0 Å². The Kier molecular flexibility index (Phi) is 86.2. The van der Waals surface area contributed by atoms with Gasteiger partial charge in [-0.15, -0.1) is 0 Å². The molecule has 0 fully saturated rings. The third kappa shape index (κ3) is 564. The molecule has 192 valence electrons. The van der Waals surface area contributed by atoms with E-state index in [4.69, 9.17) is 59.4 Å². The van der Waals surface area contributed by atoms with Gasteiger partial charge in [0.25, 0.3) is 0 Å². The Balaban J connectivity index is -0.0000000284. The van der Waals surface area contributed by atoms with Crippen molar-refractivity contribution in [2.45, 2.75) is 0 Å². The van der Waals surface area contributed by atoms with Crippen LogP contribution in [0.4, 0.5) is 28.8 Å². The number of primary amides is 12. The molecule has 0 heterocycles. The Morgan fingerprint density at radius 3 is 0.364 bits per heavy atom. The number of nitrogens with zero attached hydrogens (tertiary/aromatic N) is 2. The zero-order valence-electron chi connectivity index (χ0n) is 16.4. The minimum absolute atomic E-state index is 0. The van der Waals surface area contributed by atoms with Crippen molar-refractivity contribution >= 4 is 36.2 Å². The molecule has 0 aliphatic rings. The van der Waals surface area contributed by atoms with Crippen LogP contribution in [-0.4, -0.2) is 46.4 Å². The smallest absolute Gasteiger partial charge is 0.356 e. The van der Waals surface area contributed by atoms with Crippen molar-refractivity contribution in [3.8, 4) is 0 Å².